The van der Waals surface area contributed by atoms with Crippen molar-refractivity contribution in [2.45, 2.75) is 39.3 Å². The molecule has 1 aliphatic heterocycles. The summed E-state index contributed by atoms with van der Waals surface area (Å²) in [5.41, 5.74) is 0.848. The number of benzene rings is 1. The Labute approximate surface area is 124 Å². The third-order valence-corrected chi connectivity index (χ3v) is 4.00. The second kappa shape index (κ2) is 6.22. The molecule has 0 radical (unpaired) electrons. The van der Waals surface area contributed by atoms with Gasteiger partial charge < -0.3 is 10.6 Å². The molecule has 114 valence electrons. The van der Waals surface area contributed by atoms with Gasteiger partial charge in [-0.15, -0.1) is 0 Å². The normalized spacial score (nSPS) is 20.8. The third kappa shape index (κ3) is 3.78. The van der Waals surface area contributed by atoms with Crippen molar-refractivity contribution in [2.24, 2.45) is 5.41 Å². The monoisotopic (exact) mass is 291 g/mol. The topological polar surface area (TPSA) is 84.3 Å². The fourth-order valence-corrected chi connectivity index (χ4v) is 2.69. The zero-order chi connectivity index (χ0) is 15.5. The van der Waals surface area contributed by atoms with Gasteiger partial charge in [0.25, 0.3) is 5.69 Å². The summed E-state index contributed by atoms with van der Waals surface area (Å²) in [5, 5.41) is 16.8. The quantitative estimate of drug-likeness (QED) is 0.656. The van der Waals surface area contributed by atoms with Crippen LogP contribution in [-0.2, 0) is 11.3 Å². The van der Waals surface area contributed by atoms with Gasteiger partial charge in [-0.25, -0.2) is 0 Å². The van der Waals surface area contributed by atoms with Crippen molar-refractivity contribution in [1.82, 2.24) is 10.6 Å². The molecule has 6 nitrogen and oxygen atoms in total. The summed E-state index contributed by atoms with van der Waals surface area (Å²) in [4.78, 5) is 22.4. The van der Waals surface area contributed by atoms with Crippen LogP contribution >= 0.6 is 0 Å². The van der Waals surface area contributed by atoms with E-state index in [1.54, 1.807) is 12.1 Å². The number of non-ortho nitro benzene ring substituents is 1. The minimum Gasteiger partial charge on any atom is -0.351 e. The molecule has 1 aromatic carbocycles. The Morgan fingerprint density at radius 3 is 2.67 bits per heavy atom. The van der Waals surface area contributed by atoms with Crippen molar-refractivity contribution in [2.75, 3.05) is 6.54 Å². The smallest absolute Gasteiger partial charge is 0.269 e. The van der Waals surface area contributed by atoms with Gasteiger partial charge in [0.05, 0.1) is 11.0 Å². The van der Waals surface area contributed by atoms with E-state index in [0.717, 1.165) is 24.9 Å². The second-order valence-electron chi connectivity index (χ2n) is 6.12. The third-order valence-electron chi connectivity index (χ3n) is 4.00. The van der Waals surface area contributed by atoms with Crippen molar-refractivity contribution in [1.29, 1.82) is 0 Å². The number of nitrogens with zero attached hydrogens (tertiary/aromatic N) is 1. The average molecular weight is 291 g/mol. The van der Waals surface area contributed by atoms with E-state index in [0.29, 0.717) is 6.54 Å². The Morgan fingerprint density at radius 2 is 2.10 bits per heavy atom. The number of piperidine rings is 1. The number of carbonyl (C=O) groups excluding carboxylic acids is 1. The van der Waals surface area contributed by atoms with Crippen LogP contribution in [0.25, 0.3) is 0 Å². The second-order valence-corrected chi connectivity index (χ2v) is 6.12. The van der Waals surface area contributed by atoms with Gasteiger partial charge in [-0.1, -0.05) is 26.0 Å². The highest BCUT2D eigenvalue weighted by molar-refractivity contribution is 5.82. The fraction of sp³-hybridized carbons (Fsp3) is 0.533. The van der Waals surface area contributed by atoms with E-state index < -0.39 is 4.92 Å². The van der Waals surface area contributed by atoms with Crippen molar-refractivity contribution >= 4 is 11.6 Å². The van der Waals surface area contributed by atoms with Gasteiger partial charge >= 0.3 is 0 Å². The molecule has 0 spiro atoms. The molecule has 1 amide bonds. The Bertz CT molecular complexity index is 525. The molecule has 0 saturated carbocycles. The Balaban J connectivity index is 1.93. The van der Waals surface area contributed by atoms with Crippen LogP contribution in [0, 0.1) is 15.5 Å². The Hall–Kier alpha value is -1.95. The maximum Gasteiger partial charge on any atom is 0.269 e. The van der Waals surface area contributed by atoms with E-state index in [4.69, 9.17) is 0 Å². The summed E-state index contributed by atoms with van der Waals surface area (Å²) in [7, 11) is 0. The average Bonchev–Trinajstić information content (AvgIpc) is 2.44. The lowest BCUT2D eigenvalue weighted by atomic mass is 9.77. The van der Waals surface area contributed by atoms with Crippen LogP contribution in [0.5, 0.6) is 0 Å². The molecule has 1 aromatic rings. The number of nitrogens with one attached hydrogen (secondary N) is 2. The summed E-state index contributed by atoms with van der Waals surface area (Å²) < 4.78 is 0. The molecule has 0 aliphatic carbocycles. The lowest BCUT2D eigenvalue weighted by molar-refractivity contribution is -0.384. The van der Waals surface area contributed by atoms with Gasteiger partial charge in [0, 0.05) is 18.7 Å². The van der Waals surface area contributed by atoms with Gasteiger partial charge in [0.1, 0.15) is 0 Å². The standard InChI is InChI=1S/C15H21N3O3/c1-15(2)8-3-9-16-13(15)14(19)17-10-11-4-6-12(7-5-11)18(20)21/h4-7,13,16H,3,8-10H2,1-2H3,(H,17,19). The molecule has 0 aromatic heterocycles. The molecule has 2 N–H and O–H groups in total. The van der Waals surface area contributed by atoms with E-state index >= 15 is 0 Å². The van der Waals surface area contributed by atoms with Crippen LogP contribution in [-0.4, -0.2) is 23.4 Å². The lowest BCUT2D eigenvalue weighted by Gasteiger charge is -2.38. The molecule has 1 heterocycles. The van der Waals surface area contributed by atoms with Crippen LogP contribution in [0.15, 0.2) is 24.3 Å². The molecule has 1 atom stereocenters. The molecular formula is C15H21N3O3. The number of rotatable bonds is 4. The van der Waals surface area contributed by atoms with Crippen LogP contribution in [0.4, 0.5) is 5.69 Å². The van der Waals surface area contributed by atoms with E-state index in [9.17, 15) is 14.9 Å². The van der Waals surface area contributed by atoms with Crippen LogP contribution in [0.1, 0.15) is 32.3 Å². The molecule has 1 unspecified atom stereocenters. The SMILES string of the molecule is CC1(C)CCCNC1C(=O)NCc1ccc([N+](=O)[O-])cc1. The minimum atomic E-state index is -0.434. The maximum atomic E-state index is 12.3. The summed E-state index contributed by atoms with van der Waals surface area (Å²) in [6.45, 7) is 5.43. The van der Waals surface area contributed by atoms with Gasteiger partial charge in [-0.2, -0.15) is 0 Å². The molecule has 1 saturated heterocycles. The van der Waals surface area contributed by atoms with Crippen molar-refractivity contribution in [3.05, 3.63) is 39.9 Å². The highest BCUT2D eigenvalue weighted by Crippen LogP contribution is 2.30. The minimum absolute atomic E-state index is 0.0157. The number of amides is 1. The number of nitro benzene ring substituents is 1. The highest BCUT2D eigenvalue weighted by Gasteiger charge is 2.36. The number of hydrogen-bond acceptors (Lipinski definition) is 4. The van der Waals surface area contributed by atoms with Gasteiger partial charge in [-0.05, 0) is 30.4 Å². The van der Waals surface area contributed by atoms with E-state index in [-0.39, 0.29) is 23.1 Å². The molecule has 1 aliphatic rings. The predicted octanol–water partition coefficient (Wildman–Crippen LogP) is 1.99. The fourth-order valence-electron chi connectivity index (χ4n) is 2.69. The number of hydrogen-bond donors (Lipinski definition) is 2. The zero-order valence-electron chi connectivity index (χ0n) is 12.4. The van der Waals surface area contributed by atoms with Crippen LogP contribution in [0.2, 0.25) is 0 Å². The Kier molecular flexibility index (Phi) is 4.57. The molecule has 6 heteroatoms. The molecular weight excluding hydrogens is 270 g/mol. The summed E-state index contributed by atoms with van der Waals surface area (Å²) >= 11 is 0. The van der Waals surface area contributed by atoms with Gasteiger partial charge in [-0.3, -0.25) is 14.9 Å². The van der Waals surface area contributed by atoms with Crippen LogP contribution < -0.4 is 10.6 Å². The van der Waals surface area contributed by atoms with E-state index in [1.165, 1.54) is 12.1 Å². The first-order valence-corrected chi connectivity index (χ1v) is 7.14. The van der Waals surface area contributed by atoms with E-state index in [2.05, 4.69) is 24.5 Å². The molecule has 0 bridgehead atoms. The molecule has 2 rings (SSSR count). The number of carbonyl (C=O) groups is 1. The maximum absolute atomic E-state index is 12.3. The largest absolute Gasteiger partial charge is 0.351 e. The van der Waals surface area contributed by atoms with Gasteiger partial charge in [0.15, 0.2) is 0 Å². The summed E-state index contributed by atoms with van der Waals surface area (Å²) in [5.74, 6) is -0.0157. The molecule has 21 heavy (non-hydrogen) atoms. The highest BCUT2D eigenvalue weighted by atomic mass is 16.6. The molecule has 1 fully saturated rings. The zero-order valence-corrected chi connectivity index (χ0v) is 12.4. The summed E-state index contributed by atoms with van der Waals surface area (Å²) in [6, 6.07) is 6.04. The first-order chi connectivity index (χ1) is 9.90. The van der Waals surface area contributed by atoms with Gasteiger partial charge in [0.2, 0.25) is 5.91 Å². The predicted molar refractivity (Wildman–Crippen MR) is 79.7 cm³/mol. The first kappa shape index (κ1) is 15.4. The van der Waals surface area contributed by atoms with E-state index in [1.807, 2.05) is 0 Å². The van der Waals surface area contributed by atoms with Crippen molar-refractivity contribution < 1.29 is 9.72 Å². The number of nitro groups is 1. The first-order valence-electron chi connectivity index (χ1n) is 7.14. The Morgan fingerprint density at radius 1 is 1.43 bits per heavy atom. The van der Waals surface area contributed by atoms with Crippen molar-refractivity contribution in [3.8, 4) is 0 Å². The van der Waals surface area contributed by atoms with Crippen molar-refractivity contribution in [3.63, 3.8) is 0 Å². The lowest BCUT2D eigenvalue weighted by Crippen LogP contribution is -2.55. The van der Waals surface area contributed by atoms with Crippen LogP contribution in [0.3, 0.4) is 0 Å². The summed E-state index contributed by atoms with van der Waals surface area (Å²) in [6.07, 6.45) is 2.11.